The lowest BCUT2D eigenvalue weighted by atomic mass is 9.96. The highest BCUT2D eigenvalue weighted by Crippen LogP contribution is 2.15. The summed E-state index contributed by atoms with van der Waals surface area (Å²) in [5.74, 6) is 5.70. The van der Waals surface area contributed by atoms with E-state index in [4.69, 9.17) is 5.84 Å². The van der Waals surface area contributed by atoms with Gasteiger partial charge in [-0.3, -0.25) is 0 Å². The third-order valence-electron chi connectivity index (χ3n) is 2.14. The summed E-state index contributed by atoms with van der Waals surface area (Å²) in [6, 6.07) is 7.99. The Labute approximate surface area is 85.1 Å². The molecule has 0 bridgehead atoms. The van der Waals surface area contributed by atoms with Gasteiger partial charge < -0.3 is 5.84 Å². The average molecular weight is 188 g/mol. The number of rotatable bonds is 3. The molecule has 0 aliphatic heterocycles. The monoisotopic (exact) mass is 188 g/mol. The van der Waals surface area contributed by atoms with Gasteiger partial charge in [-0.2, -0.15) is 5.10 Å². The largest absolute Gasteiger partial charge is 0.323 e. The molecule has 0 unspecified atom stereocenters. The van der Waals surface area contributed by atoms with E-state index in [2.05, 4.69) is 25.5 Å². The zero-order valence-electron chi connectivity index (χ0n) is 8.70. The van der Waals surface area contributed by atoms with Crippen LogP contribution < -0.4 is 5.84 Å². The van der Waals surface area contributed by atoms with Crippen LogP contribution in [0.1, 0.15) is 25.0 Å². The average Bonchev–Trinajstić information content (AvgIpc) is 2.19. The summed E-state index contributed by atoms with van der Waals surface area (Å²) in [5.41, 5.74) is 3.06. The lowest BCUT2D eigenvalue weighted by molar-refractivity contribution is 0.875. The normalized spacial score (nSPS) is 11.8. The Balaban J connectivity index is 3.23. The van der Waals surface area contributed by atoms with Gasteiger partial charge >= 0.3 is 0 Å². The molecule has 0 aliphatic rings. The molecule has 0 aliphatic carbocycles. The topological polar surface area (TPSA) is 38.4 Å². The van der Waals surface area contributed by atoms with Gasteiger partial charge in [-0.15, -0.1) is 0 Å². The van der Waals surface area contributed by atoms with E-state index in [9.17, 15) is 0 Å². The van der Waals surface area contributed by atoms with E-state index in [0.29, 0.717) is 5.92 Å². The number of nitrogens with two attached hydrogens (primary N) is 1. The Kier molecular flexibility index (Phi) is 3.46. The van der Waals surface area contributed by atoms with E-state index in [1.807, 2.05) is 30.3 Å². The number of hydrazone groups is 1. The lowest BCUT2D eigenvalue weighted by Gasteiger charge is -2.11. The molecule has 0 saturated carbocycles. The van der Waals surface area contributed by atoms with Crippen LogP contribution in [0.4, 0.5) is 0 Å². The van der Waals surface area contributed by atoms with Gasteiger partial charge in [-0.1, -0.05) is 50.8 Å². The molecule has 2 heteroatoms. The standard InChI is InChI=1S/C12H16N2/c1-4-10-7-5-6-8-11(10)12(14-13)9(2)3/h4-9H,1,13H2,2-3H3/b14-12-. The summed E-state index contributed by atoms with van der Waals surface area (Å²) < 4.78 is 0. The van der Waals surface area contributed by atoms with Crippen molar-refractivity contribution in [3.63, 3.8) is 0 Å². The second-order valence-electron chi connectivity index (χ2n) is 3.46. The van der Waals surface area contributed by atoms with Crippen LogP contribution in [0.15, 0.2) is 35.9 Å². The molecule has 2 N–H and O–H groups in total. The van der Waals surface area contributed by atoms with Crippen molar-refractivity contribution in [1.29, 1.82) is 0 Å². The molecule has 0 aromatic heterocycles. The Bertz CT molecular complexity index is 351. The van der Waals surface area contributed by atoms with Crippen LogP contribution in [0.25, 0.3) is 6.08 Å². The van der Waals surface area contributed by atoms with Crippen molar-refractivity contribution >= 4 is 11.8 Å². The van der Waals surface area contributed by atoms with Gasteiger partial charge in [0.15, 0.2) is 0 Å². The molecule has 2 nitrogen and oxygen atoms in total. The van der Waals surface area contributed by atoms with Crippen LogP contribution in [0, 0.1) is 5.92 Å². The zero-order chi connectivity index (χ0) is 10.6. The van der Waals surface area contributed by atoms with Crippen molar-refractivity contribution in [3.8, 4) is 0 Å². The molecule has 0 amide bonds. The lowest BCUT2D eigenvalue weighted by Crippen LogP contribution is -2.13. The quantitative estimate of drug-likeness (QED) is 0.442. The van der Waals surface area contributed by atoms with E-state index in [0.717, 1.165) is 16.8 Å². The van der Waals surface area contributed by atoms with Crippen LogP contribution in [-0.4, -0.2) is 5.71 Å². The SMILES string of the molecule is C=Cc1ccccc1/C(=N\N)C(C)C. The highest BCUT2D eigenvalue weighted by molar-refractivity contribution is 6.04. The fraction of sp³-hybridized carbons (Fsp3) is 0.250. The van der Waals surface area contributed by atoms with Gasteiger partial charge in [0.05, 0.1) is 5.71 Å². The molecule has 1 rings (SSSR count). The van der Waals surface area contributed by atoms with Gasteiger partial charge in [-0.25, -0.2) is 0 Å². The number of hydrogen-bond donors (Lipinski definition) is 1. The summed E-state index contributed by atoms with van der Waals surface area (Å²) in [6.45, 7) is 7.92. The molecular weight excluding hydrogens is 172 g/mol. The predicted octanol–water partition coefficient (Wildman–Crippen LogP) is 2.65. The van der Waals surface area contributed by atoms with Crippen molar-refractivity contribution in [2.75, 3.05) is 0 Å². The van der Waals surface area contributed by atoms with Gasteiger partial charge in [-0.05, 0) is 11.5 Å². The highest BCUT2D eigenvalue weighted by Gasteiger charge is 2.10. The minimum atomic E-state index is 0.320. The minimum absolute atomic E-state index is 0.320. The highest BCUT2D eigenvalue weighted by atomic mass is 15.1. The first-order valence-electron chi connectivity index (χ1n) is 4.70. The third-order valence-corrected chi connectivity index (χ3v) is 2.14. The Morgan fingerprint density at radius 3 is 2.57 bits per heavy atom. The summed E-state index contributed by atoms with van der Waals surface area (Å²) in [7, 11) is 0. The molecule has 0 saturated heterocycles. The van der Waals surface area contributed by atoms with Gasteiger partial charge in [0.2, 0.25) is 0 Å². The molecule has 0 fully saturated rings. The van der Waals surface area contributed by atoms with Crippen LogP contribution in [-0.2, 0) is 0 Å². The first-order valence-corrected chi connectivity index (χ1v) is 4.70. The van der Waals surface area contributed by atoms with Crippen molar-refractivity contribution in [1.82, 2.24) is 0 Å². The smallest absolute Gasteiger partial charge is 0.0704 e. The molecule has 0 heterocycles. The third kappa shape index (κ3) is 2.02. The first kappa shape index (κ1) is 10.5. The van der Waals surface area contributed by atoms with Crippen molar-refractivity contribution in [3.05, 3.63) is 42.0 Å². The molecule has 1 aromatic carbocycles. The maximum Gasteiger partial charge on any atom is 0.0704 e. The summed E-state index contributed by atoms with van der Waals surface area (Å²) >= 11 is 0. The van der Waals surface area contributed by atoms with Crippen LogP contribution in [0.5, 0.6) is 0 Å². The summed E-state index contributed by atoms with van der Waals surface area (Å²) in [6.07, 6.45) is 1.82. The first-order chi connectivity index (χ1) is 6.70. The fourth-order valence-electron chi connectivity index (χ4n) is 1.44. The van der Waals surface area contributed by atoms with E-state index in [1.54, 1.807) is 0 Å². The molecular formula is C12H16N2. The van der Waals surface area contributed by atoms with E-state index < -0.39 is 0 Å². The van der Waals surface area contributed by atoms with Gasteiger partial charge in [0, 0.05) is 5.56 Å². The van der Waals surface area contributed by atoms with Gasteiger partial charge in [0.25, 0.3) is 0 Å². The molecule has 1 aromatic rings. The van der Waals surface area contributed by atoms with Crippen LogP contribution >= 0.6 is 0 Å². The van der Waals surface area contributed by atoms with E-state index in [1.165, 1.54) is 0 Å². The fourth-order valence-corrected chi connectivity index (χ4v) is 1.44. The molecule has 74 valence electrons. The van der Waals surface area contributed by atoms with Crippen molar-refractivity contribution in [2.45, 2.75) is 13.8 Å². The van der Waals surface area contributed by atoms with Crippen LogP contribution in [0.3, 0.4) is 0 Å². The number of nitrogens with zero attached hydrogens (tertiary/aromatic N) is 1. The Hall–Kier alpha value is -1.57. The second kappa shape index (κ2) is 4.61. The van der Waals surface area contributed by atoms with Gasteiger partial charge in [0.1, 0.15) is 0 Å². The Morgan fingerprint density at radius 1 is 1.43 bits per heavy atom. The maximum atomic E-state index is 5.38. The predicted molar refractivity (Wildman–Crippen MR) is 62.1 cm³/mol. The number of benzene rings is 1. The summed E-state index contributed by atoms with van der Waals surface area (Å²) in [5, 5.41) is 3.84. The number of hydrogen-bond acceptors (Lipinski definition) is 2. The molecule has 0 radical (unpaired) electrons. The van der Waals surface area contributed by atoms with Crippen LogP contribution in [0.2, 0.25) is 0 Å². The second-order valence-corrected chi connectivity index (χ2v) is 3.46. The molecule has 14 heavy (non-hydrogen) atoms. The summed E-state index contributed by atoms with van der Waals surface area (Å²) in [4.78, 5) is 0. The Morgan fingerprint density at radius 2 is 2.07 bits per heavy atom. The molecule has 0 spiro atoms. The minimum Gasteiger partial charge on any atom is -0.323 e. The maximum absolute atomic E-state index is 5.38. The molecule has 0 atom stereocenters. The zero-order valence-corrected chi connectivity index (χ0v) is 8.70. The van der Waals surface area contributed by atoms with Crippen molar-refractivity contribution < 1.29 is 0 Å². The van der Waals surface area contributed by atoms with E-state index >= 15 is 0 Å². The van der Waals surface area contributed by atoms with Crippen molar-refractivity contribution in [2.24, 2.45) is 16.9 Å². The van der Waals surface area contributed by atoms with E-state index in [-0.39, 0.29) is 0 Å².